The van der Waals surface area contributed by atoms with Crippen molar-refractivity contribution in [2.24, 2.45) is 0 Å². The van der Waals surface area contributed by atoms with Gasteiger partial charge >= 0.3 is 5.97 Å². The first kappa shape index (κ1) is 13.3. The Morgan fingerprint density at radius 1 is 1.35 bits per heavy atom. The highest BCUT2D eigenvalue weighted by atomic mass is 16.7. The highest BCUT2D eigenvalue weighted by Gasteiger charge is 2.15. The maximum Gasteiger partial charge on any atom is 0.336 e. The van der Waals surface area contributed by atoms with Gasteiger partial charge in [0.15, 0.2) is 0 Å². The molecule has 0 fully saturated rings. The Morgan fingerprint density at radius 3 is 2.53 bits per heavy atom. The Bertz CT molecular complexity index is 370. The summed E-state index contributed by atoms with van der Waals surface area (Å²) in [4.78, 5) is 11.4. The Kier molecular flexibility index (Phi) is 5.27. The van der Waals surface area contributed by atoms with Crippen molar-refractivity contribution in [1.29, 1.82) is 0 Å². The molecule has 0 aromatic heterocycles. The van der Waals surface area contributed by atoms with E-state index < -0.39 is 12.3 Å². The van der Waals surface area contributed by atoms with Crippen molar-refractivity contribution in [3.05, 3.63) is 42.5 Å². The molecule has 0 saturated heterocycles. The smallest absolute Gasteiger partial charge is 0.336 e. The van der Waals surface area contributed by atoms with Gasteiger partial charge in [-0.3, -0.25) is 0 Å². The van der Waals surface area contributed by atoms with E-state index in [1.165, 1.54) is 0 Å². The van der Waals surface area contributed by atoms with Crippen molar-refractivity contribution < 1.29 is 14.3 Å². The molecule has 0 heterocycles. The molecule has 3 heteroatoms. The minimum atomic E-state index is -0.549. The van der Waals surface area contributed by atoms with E-state index in [0.29, 0.717) is 17.7 Å². The van der Waals surface area contributed by atoms with Gasteiger partial charge in [-0.15, -0.1) is 0 Å². The van der Waals surface area contributed by atoms with E-state index in [0.717, 1.165) is 6.42 Å². The van der Waals surface area contributed by atoms with Gasteiger partial charge in [0.2, 0.25) is 6.29 Å². The molecule has 0 radical (unpaired) electrons. The van der Waals surface area contributed by atoms with Gasteiger partial charge in [0, 0.05) is 12.0 Å². The average Bonchev–Trinajstić information content (AvgIpc) is 2.30. The van der Waals surface area contributed by atoms with Gasteiger partial charge in [-0.05, 0) is 25.5 Å². The summed E-state index contributed by atoms with van der Waals surface area (Å²) in [6.07, 6.45) is 0.987. The van der Waals surface area contributed by atoms with Gasteiger partial charge in [0.05, 0.1) is 0 Å². The third-order valence-corrected chi connectivity index (χ3v) is 2.12. The molecule has 0 bridgehead atoms. The summed E-state index contributed by atoms with van der Waals surface area (Å²) in [7, 11) is 0. The zero-order valence-corrected chi connectivity index (χ0v) is 10.3. The van der Waals surface area contributed by atoms with E-state index in [9.17, 15) is 4.79 Å². The standard InChI is InChI=1S/C14H18O3/c1-4-8-13(17-14(15)11(2)3)16-12-9-6-5-7-10-12/h5-7,9-10,13H,2,4,8H2,1,3H3. The predicted molar refractivity (Wildman–Crippen MR) is 66.7 cm³/mol. The summed E-state index contributed by atoms with van der Waals surface area (Å²) in [5.74, 6) is 0.278. The van der Waals surface area contributed by atoms with Crippen molar-refractivity contribution in [3.63, 3.8) is 0 Å². The third-order valence-electron chi connectivity index (χ3n) is 2.12. The lowest BCUT2D eigenvalue weighted by molar-refractivity contribution is -0.159. The second-order valence-corrected chi connectivity index (χ2v) is 3.83. The second-order valence-electron chi connectivity index (χ2n) is 3.83. The van der Waals surface area contributed by atoms with Gasteiger partial charge in [0.25, 0.3) is 0 Å². The first-order valence-electron chi connectivity index (χ1n) is 5.71. The fourth-order valence-electron chi connectivity index (χ4n) is 1.25. The molecule has 1 atom stereocenters. The highest BCUT2D eigenvalue weighted by Crippen LogP contribution is 2.15. The van der Waals surface area contributed by atoms with Crippen LogP contribution in [0.2, 0.25) is 0 Å². The van der Waals surface area contributed by atoms with Crippen LogP contribution in [-0.2, 0) is 9.53 Å². The van der Waals surface area contributed by atoms with Crippen LogP contribution in [0.25, 0.3) is 0 Å². The van der Waals surface area contributed by atoms with Crippen molar-refractivity contribution in [2.75, 3.05) is 0 Å². The number of para-hydroxylation sites is 1. The minimum absolute atomic E-state index is 0.378. The number of carbonyl (C=O) groups is 1. The van der Waals surface area contributed by atoms with E-state index in [-0.39, 0.29) is 0 Å². The van der Waals surface area contributed by atoms with Crippen LogP contribution in [0, 0.1) is 0 Å². The molecule has 17 heavy (non-hydrogen) atoms. The van der Waals surface area contributed by atoms with Gasteiger partial charge in [0.1, 0.15) is 5.75 Å². The van der Waals surface area contributed by atoms with E-state index >= 15 is 0 Å². The summed E-state index contributed by atoms with van der Waals surface area (Å²) < 4.78 is 10.8. The quantitative estimate of drug-likeness (QED) is 0.430. The highest BCUT2D eigenvalue weighted by molar-refractivity contribution is 5.87. The monoisotopic (exact) mass is 234 g/mol. The molecule has 3 nitrogen and oxygen atoms in total. The van der Waals surface area contributed by atoms with E-state index in [4.69, 9.17) is 9.47 Å². The molecule has 0 aliphatic carbocycles. The first-order valence-corrected chi connectivity index (χ1v) is 5.71. The van der Waals surface area contributed by atoms with Gasteiger partial charge in [-0.25, -0.2) is 4.79 Å². The molecular weight excluding hydrogens is 216 g/mol. The maximum atomic E-state index is 11.4. The summed E-state index contributed by atoms with van der Waals surface area (Å²) in [6.45, 7) is 7.17. The lowest BCUT2D eigenvalue weighted by Gasteiger charge is -2.18. The Balaban J connectivity index is 2.60. The topological polar surface area (TPSA) is 35.5 Å². The molecule has 92 valence electrons. The van der Waals surface area contributed by atoms with Crippen LogP contribution in [0.5, 0.6) is 5.75 Å². The van der Waals surface area contributed by atoms with Crippen molar-refractivity contribution in [1.82, 2.24) is 0 Å². The van der Waals surface area contributed by atoms with Crippen LogP contribution in [-0.4, -0.2) is 12.3 Å². The zero-order valence-electron chi connectivity index (χ0n) is 10.3. The molecular formula is C14H18O3. The van der Waals surface area contributed by atoms with Crippen LogP contribution >= 0.6 is 0 Å². The number of benzene rings is 1. The van der Waals surface area contributed by atoms with Gasteiger partial charge in [-0.2, -0.15) is 0 Å². The van der Waals surface area contributed by atoms with Crippen molar-refractivity contribution >= 4 is 5.97 Å². The van der Waals surface area contributed by atoms with E-state index in [1.807, 2.05) is 37.3 Å². The summed E-state index contributed by atoms with van der Waals surface area (Å²) in [5.41, 5.74) is 0.378. The molecule has 0 amide bonds. The number of hydrogen-bond donors (Lipinski definition) is 0. The lowest BCUT2D eigenvalue weighted by atomic mass is 10.3. The third kappa shape index (κ3) is 4.72. The number of rotatable bonds is 6. The first-order chi connectivity index (χ1) is 8.13. The molecule has 0 spiro atoms. The predicted octanol–water partition coefficient (Wildman–Crippen LogP) is 3.31. The van der Waals surface area contributed by atoms with Crippen LogP contribution in [0.3, 0.4) is 0 Å². The zero-order chi connectivity index (χ0) is 12.7. The van der Waals surface area contributed by atoms with Crippen LogP contribution in [0.4, 0.5) is 0 Å². The Hall–Kier alpha value is -1.77. The minimum Gasteiger partial charge on any atom is -0.455 e. The molecule has 0 N–H and O–H groups in total. The van der Waals surface area contributed by atoms with Crippen molar-refractivity contribution in [3.8, 4) is 5.75 Å². The number of carbonyl (C=O) groups excluding carboxylic acids is 1. The van der Waals surface area contributed by atoms with E-state index in [2.05, 4.69) is 6.58 Å². The normalized spacial score (nSPS) is 11.6. The lowest BCUT2D eigenvalue weighted by Crippen LogP contribution is -2.24. The maximum absolute atomic E-state index is 11.4. The van der Waals surface area contributed by atoms with Crippen LogP contribution in [0.15, 0.2) is 42.5 Å². The summed E-state index contributed by atoms with van der Waals surface area (Å²) >= 11 is 0. The largest absolute Gasteiger partial charge is 0.455 e. The van der Waals surface area contributed by atoms with Gasteiger partial charge in [-0.1, -0.05) is 31.7 Å². The molecule has 1 aromatic carbocycles. The molecule has 0 aliphatic heterocycles. The number of ether oxygens (including phenoxy) is 2. The molecule has 0 saturated carbocycles. The summed E-state index contributed by atoms with van der Waals surface area (Å²) in [5, 5.41) is 0. The average molecular weight is 234 g/mol. The Labute approximate surface area is 102 Å². The molecule has 1 aromatic rings. The summed E-state index contributed by atoms with van der Waals surface area (Å²) in [6, 6.07) is 9.31. The SMILES string of the molecule is C=C(C)C(=O)OC(CCC)Oc1ccccc1. The Morgan fingerprint density at radius 2 is 2.00 bits per heavy atom. The molecule has 0 aliphatic rings. The number of hydrogen-bond acceptors (Lipinski definition) is 3. The number of esters is 1. The van der Waals surface area contributed by atoms with Crippen LogP contribution < -0.4 is 4.74 Å². The van der Waals surface area contributed by atoms with E-state index in [1.54, 1.807) is 6.92 Å². The second kappa shape index (κ2) is 6.74. The fourth-order valence-corrected chi connectivity index (χ4v) is 1.25. The van der Waals surface area contributed by atoms with Crippen LogP contribution in [0.1, 0.15) is 26.7 Å². The molecule has 1 unspecified atom stereocenters. The van der Waals surface area contributed by atoms with Crippen molar-refractivity contribution in [2.45, 2.75) is 33.0 Å². The fraction of sp³-hybridized carbons (Fsp3) is 0.357. The van der Waals surface area contributed by atoms with Gasteiger partial charge < -0.3 is 9.47 Å². The molecule has 1 rings (SSSR count).